The zero-order chi connectivity index (χ0) is 20.1. The molecule has 0 fully saturated rings. The number of carbonyl (C=O) groups excluding carboxylic acids is 1. The van der Waals surface area contributed by atoms with E-state index in [-0.39, 0.29) is 11.4 Å². The number of hydrogen-bond acceptors (Lipinski definition) is 6. The molecule has 0 spiro atoms. The van der Waals surface area contributed by atoms with Gasteiger partial charge in [0.1, 0.15) is 5.03 Å². The Balaban J connectivity index is 1.60. The summed E-state index contributed by atoms with van der Waals surface area (Å²) < 4.78 is 13.3. The fourth-order valence-corrected chi connectivity index (χ4v) is 3.08. The van der Waals surface area contributed by atoms with Gasteiger partial charge >= 0.3 is 5.69 Å². The molecule has 9 heteroatoms. The number of rotatable bonds is 6. The molecule has 1 amide bonds. The summed E-state index contributed by atoms with van der Waals surface area (Å²) in [6, 6.07) is 14.6. The normalized spacial score (nSPS) is 10.5. The Morgan fingerprint density at radius 3 is 2.64 bits per heavy atom. The van der Waals surface area contributed by atoms with Crippen molar-refractivity contribution in [1.82, 2.24) is 10.2 Å². The third-order valence-corrected chi connectivity index (χ3v) is 4.76. The molecular formula is C19H15FN4O3S. The van der Waals surface area contributed by atoms with Gasteiger partial charge in [-0.3, -0.25) is 14.9 Å². The molecule has 0 bridgehead atoms. The van der Waals surface area contributed by atoms with E-state index in [1.165, 1.54) is 17.8 Å². The van der Waals surface area contributed by atoms with Crippen molar-refractivity contribution in [3.63, 3.8) is 0 Å². The summed E-state index contributed by atoms with van der Waals surface area (Å²) in [4.78, 5) is 22.0. The number of nitro groups is 1. The third-order valence-electron chi connectivity index (χ3n) is 3.84. The van der Waals surface area contributed by atoms with Crippen LogP contribution in [0.15, 0.2) is 59.6 Å². The number of benzene rings is 2. The summed E-state index contributed by atoms with van der Waals surface area (Å²) in [7, 11) is 0. The molecule has 1 heterocycles. The molecular weight excluding hydrogens is 383 g/mol. The number of hydrogen-bond donors (Lipinski definition) is 1. The van der Waals surface area contributed by atoms with Crippen LogP contribution >= 0.6 is 11.8 Å². The van der Waals surface area contributed by atoms with Gasteiger partial charge in [0.15, 0.2) is 0 Å². The number of aryl methyl sites for hydroxylation is 1. The number of aromatic nitrogens is 2. The molecule has 1 aromatic heterocycles. The first-order valence-corrected chi connectivity index (χ1v) is 9.19. The molecule has 142 valence electrons. The number of halogens is 1. The zero-order valence-electron chi connectivity index (χ0n) is 14.8. The molecule has 3 rings (SSSR count). The van der Waals surface area contributed by atoms with E-state index in [2.05, 4.69) is 15.5 Å². The van der Waals surface area contributed by atoms with Crippen molar-refractivity contribution in [3.8, 4) is 11.3 Å². The van der Waals surface area contributed by atoms with Crippen molar-refractivity contribution in [1.29, 1.82) is 0 Å². The molecule has 0 aliphatic carbocycles. The number of nitro benzene ring substituents is 1. The quantitative estimate of drug-likeness (QED) is 0.379. The van der Waals surface area contributed by atoms with E-state index in [1.54, 1.807) is 6.07 Å². The smallest absolute Gasteiger partial charge is 0.306 e. The van der Waals surface area contributed by atoms with E-state index >= 15 is 0 Å². The maximum absolute atomic E-state index is 13.3. The second-order valence-electron chi connectivity index (χ2n) is 5.83. The van der Waals surface area contributed by atoms with Gasteiger partial charge in [0.05, 0.1) is 16.4 Å². The highest BCUT2D eigenvalue weighted by atomic mass is 32.2. The molecule has 28 heavy (non-hydrogen) atoms. The average molecular weight is 398 g/mol. The van der Waals surface area contributed by atoms with Gasteiger partial charge in [0, 0.05) is 17.3 Å². The van der Waals surface area contributed by atoms with Crippen LogP contribution in [0.1, 0.15) is 5.56 Å². The Morgan fingerprint density at radius 2 is 1.96 bits per heavy atom. The van der Waals surface area contributed by atoms with Crippen LogP contribution in [0.5, 0.6) is 0 Å². The number of nitrogens with zero attached hydrogens (tertiary/aromatic N) is 3. The molecule has 0 aliphatic heterocycles. The lowest BCUT2D eigenvalue weighted by Crippen LogP contribution is -2.14. The van der Waals surface area contributed by atoms with Crippen LogP contribution in [-0.2, 0) is 4.79 Å². The maximum atomic E-state index is 13.3. The summed E-state index contributed by atoms with van der Waals surface area (Å²) in [5.41, 5.74) is 2.28. The van der Waals surface area contributed by atoms with Gasteiger partial charge in [-0.25, -0.2) is 0 Å². The van der Waals surface area contributed by atoms with Gasteiger partial charge in [-0.2, -0.15) is 4.39 Å². The predicted molar refractivity (Wildman–Crippen MR) is 105 cm³/mol. The standard InChI is InChI=1S/C19H15FN4O3S/c1-12-4-2-3-5-14(12)16-8-9-19(23-22-16)28-11-18(25)21-13-6-7-15(20)17(10-13)24(26)27/h2-10H,11H2,1H3,(H,21,25). The molecule has 2 aromatic carbocycles. The zero-order valence-corrected chi connectivity index (χ0v) is 15.6. The monoisotopic (exact) mass is 398 g/mol. The Bertz CT molecular complexity index is 1030. The number of nitrogens with one attached hydrogen (secondary N) is 1. The van der Waals surface area contributed by atoms with Crippen molar-refractivity contribution in [2.24, 2.45) is 0 Å². The molecule has 0 saturated carbocycles. The molecule has 0 unspecified atom stereocenters. The van der Waals surface area contributed by atoms with Crippen LogP contribution in [0.4, 0.5) is 15.8 Å². The first kappa shape index (κ1) is 19.4. The van der Waals surface area contributed by atoms with Gasteiger partial charge in [-0.1, -0.05) is 36.0 Å². The van der Waals surface area contributed by atoms with Crippen molar-refractivity contribution < 1.29 is 14.1 Å². The van der Waals surface area contributed by atoms with Crippen LogP contribution in [-0.4, -0.2) is 26.8 Å². The van der Waals surface area contributed by atoms with Crippen molar-refractivity contribution in [3.05, 3.63) is 76.1 Å². The van der Waals surface area contributed by atoms with Crippen LogP contribution in [0, 0.1) is 22.9 Å². The Labute approximate surface area is 164 Å². The van der Waals surface area contributed by atoms with Gasteiger partial charge < -0.3 is 5.32 Å². The van der Waals surface area contributed by atoms with Crippen molar-refractivity contribution >= 4 is 29.0 Å². The number of amides is 1. The molecule has 0 atom stereocenters. The van der Waals surface area contributed by atoms with Crippen molar-refractivity contribution in [2.45, 2.75) is 11.9 Å². The number of anilines is 1. The molecule has 0 saturated heterocycles. The highest BCUT2D eigenvalue weighted by molar-refractivity contribution is 7.99. The summed E-state index contributed by atoms with van der Waals surface area (Å²) in [5, 5.41) is 22.1. The Hall–Kier alpha value is -3.33. The van der Waals surface area contributed by atoms with Crippen LogP contribution in [0.2, 0.25) is 0 Å². The topological polar surface area (TPSA) is 98.0 Å². The van der Waals surface area contributed by atoms with Gasteiger partial charge in [0.2, 0.25) is 11.7 Å². The van der Waals surface area contributed by atoms with Crippen LogP contribution < -0.4 is 5.32 Å². The Morgan fingerprint density at radius 1 is 1.18 bits per heavy atom. The molecule has 1 N–H and O–H groups in total. The summed E-state index contributed by atoms with van der Waals surface area (Å²) in [6.45, 7) is 1.99. The Kier molecular flexibility index (Phi) is 5.95. The highest BCUT2D eigenvalue weighted by Gasteiger charge is 2.15. The van der Waals surface area contributed by atoms with Crippen molar-refractivity contribution in [2.75, 3.05) is 11.1 Å². The van der Waals surface area contributed by atoms with E-state index in [9.17, 15) is 19.3 Å². The summed E-state index contributed by atoms with van der Waals surface area (Å²) >= 11 is 1.18. The van der Waals surface area contributed by atoms with Crippen LogP contribution in [0.3, 0.4) is 0 Å². The summed E-state index contributed by atoms with van der Waals surface area (Å²) in [5.74, 6) is -1.32. The van der Waals surface area contributed by atoms with E-state index in [1.807, 2.05) is 37.3 Å². The average Bonchev–Trinajstić information content (AvgIpc) is 2.68. The third kappa shape index (κ3) is 4.68. The fourth-order valence-electron chi connectivity index (χ4n) is 2.47. The number of carbonyl (C=O) groups is 1. The van der Waals surface area contributed by atoms with Gasteiger partial charge in [-0.05, 0) is 36.8 Å². The van der Waals surface area contributed by atoms with Gasteiger partial charge in [0.25, 0.3) is 0 Å². The van der Waals surface area contributed by atoms with E-state index in [0.29, 0.717) is 5.03 Å². The molecule has 7 nitrogen and oxygen atoms in total. The second kappa shape index (κ2) is 8.57. The SMILES string of the molecule is Cc1ccccc1-c1ccc(SCC(=O)Nc2ccc(F)c([N+](=O)[O-])c2)nn1. The minimum absolute atomic E-state index is 0.0313. The van der Waals surface area contributed by atoms with E-state index < -0.39 is 22.3 Å². The fraction of sp³-hybridized carbons (Fsp3) is 0.105. The predicted octanol–water partition coefficient (Wildman–Crippen LogP) is 4.23. The minimum Gasteiger partial charge on any atom is -0.325 e. The van der Waals surface area contributed by atoms with Crippen LogP contribution in [0.25, 0.3) is 11.3 Å². The lowest BCUT2D eigenvalue weighted by molar-refractivity contribution is -0.387. The lowest BCUT2D eigenvalue weighted by Gasteiger charge is -2.06. The minimum atomic E-state index is -0.957. The molecule has 0 aliphatic rings. The second-order valence-corrected chi connectivity index (χ2v) is 6.83. The van der Waals surface area contributed by atoms with E-state index in [0.717, 1.165) is 29.0 Å². The largest absolute Gasteiger partial charge is 0.325 e. The maximum Gasteiger partial charge on any atom is 0.306 e. The van der Waals surface area contributed by atoms with E-state index in [4.69, 9.17) is 0 Å². The first-order chi connectivity index (χ1) is 13.4. The molecule has 3 aromatic rings. The summed E-state index contributed by atoms with van der Waals surface area (Å²) in [6.07, 6.45) is 0. The number of thioether (sulfide) groups is 1. The van der Waals surface area contributed by atoms with Gasteiger partial charge in [-0.15, -0.1) is 10.2 Å². The lowest BCUT2D eigenvalue weighted by atomic mass is 10.1. The highest BCUT2D eigenvalue weighted by Crippen LogP contribution is 2.24. The first-order valence-electron chi connectivity index (χ1n) is 8.20. The molecule has 0 radical (unpaired) electrons.